The summed E-state index contributed by atoms with van der Waals surface area (Å²) >= 11 is 0. The van der Waals surface area contributed by atoms with Crippen molar-refractivity contribution >= 4 is 53.8 Å². The zero-order valence-electron chi connectivity index (χ0n) is 16.7. The lowest BCUT2D eigenvalue weighted by molar-refractivity contribution is -0.115. The predicted octanol–water partition coefficient (Wildman–Crippen LogP) is 4.04. The van der Waals surface area contributed by atoms with Gasteiger partial charge < -0.3 is 10.3 Å². The number of halogens is 2. The van der Waals surface area contributed by atoms with Crippen molar-refractivity contribution < 1.29 is 4.79 Å². The van der Waals surface area contributed by atoms with Crippen molar-refractivity contribution in [2.45, 2.75) is 38.5 Å². The molecule has 8 heteroatoms. The fraction of sp³-hybridized carbons (Fsp3) is 0.500. The summed E-state index contributed by atoms with van der Waals surface area (Å²) in [5.41, 5.74) is 2.60. The van der Waals surface area contributed by atoms with Gasteiger partial charge in [0, 0.05) is 29.9 Å². The second-order valence-corrected chi connectivity index (χ2v) is 9.36. The quantitative estimate of drug-likeness (QED) is 0.620. The molecule has 1 aliphatic heterocycles. The molecule has 0 spiro atoms. The maximum absolute atomic E-state index is 12.4. The minimum Gasteiger partial charge on any atom is -0.355 e. The van der Waals surface area contributed by atoms with E-state index in [2.05, 4.69) is 25.6 Å². The van der Waals surface area contributed by atoms with Crippen molar-refractivity contribution in [2.75, 3.05) is 6.54 Å². The van der Waals surface area contributed by atoms with Gasteiger partial charge in [0.1, 0.15) is 11.3 Å². The molecule has 0 unspecified atom stereocenters. The molecular formula is C22H27Cl2N5O. The fourth-order valence-electron chi connectivity index (χ4n) is 6.57. The van der Waals surface area contributed by atoms with Gasteiger partial charge in [0.05, 0.1) is 0 Å². The minimum atomic E-state index is -0.147. The Morgan fingerprint density at radius 1 is 1.13 bits per heavy atom. The van der Waals surface area contributed by atoms with Crippen LogP contribution < -0.4 is 10.6 Å². The summed E-state index contributed by atoms with van der Waals surface area (Å²) in [6.07, 6.45) is 13.8. The van der Waals surface area contributed by atoms with E-state index in [1.807, 2.05) is 24.4 Å². The molecule has 0 saturated heterocycles. The zero-order chi connectivity index (χ0) is 18.7. The van der Waals surface area contributed by atoms with Crippen molar-refractivity contribution in [3.8, 4) is 0 Å². The third-order valence-corrected chi connectivity index (χ3v) is 7.27. The number of nitrogens with one attached hydrogen (secondary N) is 3. The first-order valence-electron chi connectivity index (χ1n) is 10.4. The molecule has 1 amide bonds. The van der Waals surface area contributed by atoms with Crippen LogP contribution in [0.15, 0.2) is 35.2 Å². The highest BCUT2D eigenvalue weighted by Gasteiger charge is 2.50. The van der Waals surface area contributed by atoms with Crippen LogP contribution in [-0.2, 0) is 4.79 Å². The number of aliphatic imine (C=N–C) groups is 1. The van der Waals surface area contributed by atoms with Crippen molar-refractivity contribution in [3.05, 3.63) is 35.8 Å². The largest absolute Gasteiger partial charge is 0.355 e. The average molecular weight is 448 g/mol. The molecule has 0 atom stereocenters. The number of carbonyl (C=O) groups excluding carboxylic acids is 1. The first-order chi connectivity index (χ1) is 13.7. The number of aromatic nitrogens is 2. The summed E-state index contributed by atoms with van der Waals surface area (Å²) in [5, 5.41) is 7.37. The van der Waals surface area contributed by atoms with Gasteiger partial charge in [-0.15, -0.1) is 24.8 Å². The topological polar surface area (TPSA) is 82.2 Å². The Kier molecular flexibility index (Phi) is 5.58. The van der Waals surface area contributed by atoms with Gasteiger partial charge in [-0.1, -0.05) is 0 Å². The number of hydrogen-bond acceptors (Lipinski definition) is 4. The highest BCUT2D eigenvalue weighted by molar-refractivity contribution is 6.14. The summed E-state index contributed by atoms with van der Waals surface area (Å²) in [6, 6.07) is 3.89. The minimum absolute atomic E-state index is 0. The van der Waals surface area contributed by atoms with E-state index in [0.29, 0.717) is 17.1 Å². The number of aromatic amines is 1. The number of carbonyl (C=O) groups is 1. The number of rotatable bonds is 3. The highest BCUT2D eigenvalue weighted by Crippen LogP contribution is 2.59. The molecule has 6 nitrogen and oxygen atoms in total. The molecule has 30 heavy (non-hydrogen) atoms. The molecule has 2 aromatic heterocycles. The van der Waals surface area contributed by atoms with Crippen LogP contribution in [0, 0.1) is 23.2 Å². The molecule has 4 saturated carbocycles. The second-order valence-electron chi connectivity index (χ2n) is 9.36. The number of hydrogen-bond donors (Lipinski definition) is 3. The first kappa shape index (κ1) is 21.2. The maximum Gasteiger partial charge on any atom is 0.276 e. The molecule has 3 N–H and O–H groups in total. The van der Waals surface area contributed by atoms with Crippen molar-refractivity contribution in [1.82, 2.24) is 20.6 Å². The van der Waals surface area contributed by atoms with E-state index in [-0.39, 0.29) is 30.7 Å². The van der Waals surface area contributed by atoms with Crippen molar-refractivity contribution in [3.63, 3.8) is 0 Å². The number of guanidine groups is 1. The SMILES string of the molecule is Cl.Cl.O=C1NC(NCC23CC4CC(CC(C4)C2)C3)=N/C1=C\c1c[nH]c2ncccc12. The van der Waals surface area contributed by atoms with Crippen LogP contribution in [0.1, 0.15) is 44.1 Å². The lowest BCUT2D eigenvalue weighted by Gasteiger charge is -2.57. The number of nitrogens with zero attached hydrogens (tertiary/aromatic N) is 2. The van der Waals surface area contributed by atoms with Crippen LogP contribution in [0.2, 0.25) is 0 Å². The van der Waals surface area contributed by atoms with Gasteiger partial charge in [0.15, 0.2) is 0 Å². The van der Waals surface area contributed by atoms with E-state index >= 15 is 0 Å². The summed E-state index contributed by atoms with van der Waals surface area (Å²) in [4.78, 5) is 24.4. The monoisotopic (exact) mass is 447 g/mol. The zero-order valence-corrected chi connectivity index (χ0v) is 18.3. The molecule has 4 bridgehead atoms. The summed E-state index contributed by atoms with van der Waals surface area (Å²) < 4.78 is 0. The molecule has 2 aromatic rings. The van der Waals surface area contributed by atoms with Gasteiger partial charge in [-0.2, -0.15) is 0 Å². The molecule has 3 heterocycles. The third kappa shape index (κ3) is 3.60. The van der Waals surface area contributed by atoms with Crippen LogP contribution in [0.4, 0.5) is 0 Å². The Morgan fingerprint density at radius 2 is 1.83 bits per heavy atom. The summed E-state index contributed by atoms with van der Waals surface area (Å²) in [6.45, 7) is 0.930. The highest BCUT2D eigenvalue weighted by atomic mass is 35.5. The van der Waals surface area contributed by atoms with E-state index < -0.39 is 0 Å². The van der Waals surface area contributed by atoms with E-state index in [1.54, 1.807) is 6.20 Å². The number of H-pyrrole nitrogens is 1. The van der Waals surface area contributed by atoms with Crippen LogP contribution in [0.3, 0.4) is 0 Å². The van der Waals surface area contributed by atoms with Gasteiger partial charge in [0.25, 0.3) is 5.91 Å². The normalized spacial score (nSPS) is 32.5. The van der Waals surface area contributed by atoms with Gasteiger partial charge in [-0.25, -0.2) is 9.98 Å². The molecule has 5 aliphatic rings. The molecular weight excluding hydrogens is 421 g/mol. The lowest BCUT2D eigenvalue weighted by Crippen LogP contribution is -2.52. The van der Waals surface area contributed by atoms with E-state index in [1.165, 1.54) is 38.5 Å². The smallest absolute Gasteiger partial charge is 0.276 e. The van der Waals surface area contributed by atoms with Crippen LogP contribution in [0.25, 0.3) is 17.1 Å². The number of amides is 1. The number of pyridine rings is 1. The van der Waals surface area contributed by atoms with Gasteiger partial charge >= 0.3 is 0 Å². The molecule has 0 radical (unpaired) electrons. The molecule has 4 aliphatic carbocycles. The van der Waals surface area contributed by atoms with Crippen LogP contribution >= 0.6 is 24.8 Å². The van der Waals surface area contributed by atoms with Crippen molar-refractivity contribution in [1.29, 1.82) is 0 Å². The predicted molar refractivity (Wildman–Crippen MR) is 123 cm³/mol. The maximum atomic E-state index is 12.4. The van der Waals surface area contributed by atoms with Gasteiger partial charge in [0.2, 0.25) is 5.96 Å². The fourth-order valence-corrected chi connectivity index (χ4v) is 6.57. The van der Waals surface area contributed by atoms with Crippen LogP contribution in [0.5, 0.6) is 0 Å². The van der Waals surface area contributed by atoms with E-state index in [0.717, 1.165) is 40.9 Å². The molecule has 4 fully saturated rings. The summed E-state index contributed by atoms with van der Waals surface area (Å²) in [7, 11) is 0. The standard InChI is InChI=1S/C22H25N5O.2ClH/c28-20-18(7-16-11-24-19-17(16)2-1-3-23-19)26-21(27-20)25-12-22-8-13-4-14(9-22)6-15(5-13)10-22;;/h1-3,7,11,13-15H,4-6,8-10,12H2,(H,23,24)(H2,25,26,27,28);2*1H/b18-7-;;. The Balaban J connectivity index is 0.00000109. The van der Waals surface area contributed by atoms with Gasteiger partial charge in [-0.05, 0) is 79.9 Å². The Bertz CT molecular complexity index is 992. The Hall–Kier alpha value is -2.05. The summed E-state index contributed by atoms with van der Waals surface area (Å²) in [5.74, 6) is 3.24. The Morgan fingerprint density at radius 3 is 2.53 bits per heavy atom. The first-order valence-corrected chi connectivity index (χ1v) is 10.4. The number of fused-ring (bicyclic) bond motifs is 1. The van der Waals surface area contributed by atoms with E-state index in [4.69, 9.17) is 0 Å². The second kappa shape index (κ2) is 7.89. The van der Waals surface area contributed by atoms with Gasteiger partial charge in [-0.3, -0.25) is 10.1 Å². The lowest BCUT2D eigenvalue weighted by atomic mass is 9.49. The molecule has 0 aromatic carbocycles. The van der Waals surface area contributed by atoms with Crippen LogP contribution in [-0.4, -0.2) is 28.4 Å². The molecule has 160 valence electrons. The third-order valence-electron chi connectivity index (χ3n) is 7.27. The molecule has 7 rings (SSSR count). The van der Waals surface area contributed by atoms with Crippen molar-refractivity contribution in [2.24, 2.45) is 28.2 Å². The van der Waals surface area contributed by atoms with E-state index in [9.17, 15) is 4.79 Å². The Labute approximate surface area is 188 Å². The average Bonchev–Trinajstić information content (AvgIpc) is 3.23.